The molecule has 3 aromatic rings. The molecule has 3 rings (SSSR count). The first kappa shape index (κ1) is 16.7. The van der Waals surface area contributed by atoms with Crippen LogP contribution in [-0.4, -0.2) is 26.2 Å². The average molecular weight is 340 g/mol. The van der Waals surface area contributed by atoms with Crippen LogP contribution in [0.2, 0.25) is 0 Å². The molecule has 0 aliphatic rings. The standard InChI is InChI=1S/C19H16O6/c1-9-5-6-13-11(7-9)17(20)16-10(2)15(19(22)24-4)12(18(21)23-3)8-14(16)25-13/h5-8H,1-4H3. The monoisotopic (exact) mass is 340 g/mol. The van der Waals surface area contributed by atoms with Gasteiger partial charge in [0, 0.05) is 0 Å². The van der Waals surface area contributed by atoms with Crippen molar-refractivity contribution in [3.8, 4) is 0 Å². The molecule has 0 spiro atoms. The van der Waals surface area contributed by atoms with Crippen LogP contribution in [0.3, 0.4) is 0 Å². The van der Waals surface area contributed by atoms with E-state index in [2.05, 4.69) is 0 Å². The molecule has 1 aromatic heterocycles. The molecule has 0 N–H and O–H groups in total. The number of carbonyl (C=O) groups is 2. The van der Waals surface area contributed by atoms with Gasteiger partial charge in [-0.3, -0.25) is 4.79 Å². The van der Waals surface area contributed by atoms with Gasteiger partial charge >= 0.3 is 11.9 Å². The molecule has 25 heavy (non-hydrogen) atoms. The van der Waals surface area contributed by atoms with Crippen molar-refractivity contribution < 1.29 is 23.5 Å². The lowest BCUT2D eigenvalue weighted by atomic mass is 9.96. The Balaban J connectivity index is 2.53. The second-order valence-corrected chi connectivity index (χ2v) is 5.71. The maximum absolute atomic E-state index is 12.9. The lowest BCUT2D eigenvalue weighted by molar-refractivity contribution is 0.0555. The van der Waals surface area contributed by atoms with Crippen LogP contribution in [0, 0.1) is 13.8 Å². The number of benzene rings is 2. The van der Waals surface area contributed by atoms with Gasteiger partial charge in [0.25, 0.3) is 0 Å². The van der Waals surface area contributed by atoms with Crippen molar-refractivity contribution in [2.24, 2.45) is 0 Å². The summed E-state index contributed by atoms with van der Waals surface area (Å²) in [5.41, 5.74) is 1.59. The van der Waals surface area contributed by atoms with E-state index >= 15 is 0 Å². The summed E-state index contributed by atoms with van der Waals surface area (Å²) in [7, 11) is 2.42. The van der Waals surface area contributed by atoms with E-state index < -0.39 is 11.9 Å². The first-order valence-corrected chi connectivity index (χ1v) is 7.56. The number of esters is 2. The van der Waals surface area contributed by atoms with Crippen LogP contribution < -0.4 is 5.43 Å². The van der Waals surface area contributed by atoms with Crippen LogP contribution in [0.4, 0.5) is 0 Å². The fourth-order valence-corrected chi connectivity index (χ4v) is 2.95. The second-order valence-electron chi connectivity index (χ2n) is 5.71. The Hall–Kier alpha value is -3.15. The van der Waals surface area contributed by atoms with E-state index in [9.17, 15) is 14.4 Å². The maximum Gasteiger partial charge on any atom is 0.339 e. The van der Waals surface area contributed by atoms with Crippen LogP contribution in [0.15, 0.2) is 33.5 Å². The van der Waals surface area contributed by atoms with Gasteiger partial charge in [-0.05, 0) is 37.6 Å². The van der Waals surface area contributed by atoms with Gasteiger partial charge in [0.15, 0.2) is 0 Å². The smallest absolute Gasteiger partial charge is 0.339 e. The molecule has 0 fully saturated rings. The summed E-state index contributed by atoms with van der Waals surface area (Å²) in [6.45, 7) is 3.45. The molecule has 0 saturated heterocycles. The van der Waals surface area contributed by atoms with Crippen LogP contribution >= 0.6 is 0 Å². The number of ether oxygens (including phenoxy) is 2. The number of fused-ring (bicyclic) bond motifs is 2. The van der Waals surface area contributed by atoms with Crippen molar-refractivity contribution in [2.75, 3.05) is 14.2 Å². The van der Waals surface area contributed by atoms with Crippen LogP contribution in [0.5, 0.6) is 0 Å². The number of hydrogen-bond acceptors (Lipinski definition) is 6. The Bertz CT molecular complexity index is 1090. The average Bonchev–Trinajstić information content (AvgIpc) is 2.60. The van der Waals surface area contributed by atoms with Crippen molar-refractivity contribution in [1.82, 2.24) is 0 Å². The van der Waals surface area contributed by atoms with E-state index in [1.807, 2.05) is 13.0 Å². The summed E-state index contributed by atoms with van der Waals surface area (Å²) in [5, 5.41) is 0.656. The molecule has 2 aromatic carbocycles. The van der Waals surface area contributed by atoms with E-state index in [-0.39, 0.29) is 27.5 Å². The number of carbonyl (C=O) groups excluding carboxylic acids is 2. The topological polar surface area (TPSA) is 82.8 Å². The molecule has 0 aliphatic carbocycles. The van der Waals surface area contributed by atoms with Crippen LogP contribution in [0.1, 0.15) is 31.8 Å². The molecule has 6 nitrogen and oxygen atoms in total. The quantitative estimate of drug-likeness (QED) is 0.526. The van der Waals surface area contributed by atoms with Gasteiger partial charge in [-0.2, -0.15) is 0 Å². The van der Waals surface area contributed by atoms with Gasteiger partial charge < -0.3 is 13.9 Å². The Labute approximate surface area is 143 Å². The Morgan fingerprint density at radius 2 is 1.64 bits per heavy atom. The minimum atomic E-state index is -0.719. The van der Waals surface area contributed by atoms with E-state index in [4.69, 9.17) is 13.9 Å². The zero-order valence-corrected chi connectivity index (χ0v) is 14.3. The van der Waals surface area contributed by atoms with Crippen molar-refractivity contribution >= 4 is 33.9 Å². The second kappa shape index (κ2) is 6.05. The van der Waals surface area contributed by atoms with E-state index in [1.54, 1.807) is 19.1 Å². The Kier molecular flexibility index (Phi) is 4.04. The third kappa shape index (κ3) is 2.55. The van der Waals surface area contributed by atoms with Crippen molar-refractivity contribution in [3.05, 3.63) is 56.7 Å². The lowest BCUT2D eigenvalue weighted by Crippen LogP contribution is -2.16. The number of aryl methyl sites for hydroxylation is 2. The number of hydrogen-bond donors (Lipinski definition) is 0. The summed E-state index contributed by atoms with van der Waals surface area (Å²) < 4.78 is 15.3. The lowest BCUT2D eigenvalue weighted by Gasteiger charge is -2.12. The molecule has 6 heteroatoms. The highest BCUT2D eigenvalue weighted by Gasteiger charge is 2.25. The molecule has 128 valence electrons. The molecular formula is C19H16O6. The predicted octanol–water partition coefficient (Wildman–Crippen LogP) is 3.14. The van der Waals surface area contributed by atoms with Gasteiger partial charge in [0.2, 0.25) is 5.43 Å². The first-order chi connectivity index (χ1) is 11.9. The van der Waals surface area contributed by atoms with Gasteiger partial charge in [-0.15, -0.1) is 0 Å². The van der Waals surface area contributed by atoms with Crippen LogP contribution in [-0.2, 0) is 9.47 Å². The summed E-state index contributed by atoms with van der Waals surface area (Å²) in [4.78, 5) is 37.2. The normalized spacial score (nSPS) is 10.9. The zero-order chi connectivity index (χ0) is 18.3. The molecule has 0 bridgehead atoms. The highest BCUT2D eigenvalue weighted by Crippen LogP contribution is 2.28. The van der Waals surface area contributed by atoms with Crippen molar-refractivity contribution in [2.45, 2.75) is 13.8 Å². The van der Waals surface area contributed by atoms with E-state index in [0.717, 1.165) is 5.56 Å². The van der Waals surface area contributed by atoms with E-state index in [1.165, 1.54) is 20.3 Å². The molecule has 0 aliphatic heterocycles. The summed E-state index contributed by atoms with van der Waals surface area (Å²) in [6.07, 6.45) is 0. The largest absolute Gasteiger partial charge is 0.465 e. The van der Waals surface area contributed by atoms with Gasteiger partial charge in [-0.1, -0.05) is 11.6 Å². The summed E-state index contributed by atoms with van der Waals surface area (Å²) >= 11 is 0. The first-order valence-electron chi connectivity index (χ1n) is 7.56. The Morgan fingerprint density at radius 1 is 0.960 bits per heavy atom. The minimum Gasteiger partial charge on any atom is -0.465 e. The molecule has 0 amide bonds. The maximum atomic E-state index is 12.9. The highest BCUT2D eigenvalue weighted by atomic mass is 16.5. The number of rotatable bonds is 2. The third-order valence-corrected chi connectivity index (χ3v) is 4.16. The molecule has 0 radical (unpaired) electrons. The predicted molar refractivity (Wildman–Crippen MR) is 92.1 cm³/mol. The third-order valence-electron chi connectivity index (χ3n) is 4.16. The minimum absolute atomic E-state index is 0.00107. The molecule has 0 unspecified atom stereocenters. The van der Waals surface area contributed by atoms with Crippen molar-refractivity contribution in [1.29, 1.82) is 0 Å². The molecule has 1 heterocycles. The Morgan fingerprint density at radius 3 is 2.28 bits per heavy atom. The van der Waals surface area contributed by atoms with Gasteiger partial charge in [0.05, 0.1) is 36.1 Å². The van der Waals surface area contributed by atoms with Gasteiger partial charge in [-0.25, -0.2) is 9.59 Å². The highest BCUT2D eigenvalue weighted by molar-refractivity contribution is 6.09. The summed E-state index contributed by atoms with van der Waals surface area (Å²) in [6, 6.07) is 6.61. The van der Waals surface area contributed by atoms with Crippen LogP contribution in [0.25, 0.3) is 21.9 Å². The number of methoxy groups -OCH3 is 2. The fraction of sp³-hybridized carbons (Fsp3) is 0.211. The van der Waals surface area contributed by atoms with E-state index in [0.29, 0.717) is 16.5 Å². The molecule has 0 saturated carbocycles. The fourth-order valence-electron chi connectivity index (χ4n) is 2.95. The molecular weight excluding hydrogens is 324 g/mol. The zero-order valence-electron chi connectivity index (χ0n) is 14.3. The SMILES string of the molecule is COC(=O)c1cc2oc3ccc(C)cc3c(=O)c2c(C)c1C(=O)OC. The molecule has 0 atom stereocenters. The van der Waals surface area contributed by atoms with Crippen molar-refractivity contribution in [3.63, 3.8) is 0 Å². The van der Waals surface area contributed by atoms with Gasteiger partial charge in [0.1, 0.15) is 11.2 Å². The summed E-state index contributed by atoms with van der Waals surface area (Å²) in [5.74, 6) is -1.43.